The van der Waals surface area contributed by atoms with E-state index in [1.807, 2.05) is 149 Å². The van der Waals surface area contributed by atoms with Crippen LogP contribution < -0.4 is 75.8 Å². The molecule has 8 aromatic carbocycles. The van der Waals surface area contributed by atoms with E-state index < -0.39 is 0 Å². The predicted molar refractivity (Wildman–Crippen MR) is 443 cm³/mol. The van der Waals surface area contributed by atoms with E-state index in [1.54, 1.807) is 114 Å². The Labute approximate surface area is 657 Å². The third kappa shape index (κ3) is 17.7. The third-order valence-corrected chi connectivity index (χ3v) is 20.3. The Kier molecular flexibility index (Phi) is 29.2. The molecule has 592 valence electrons. The molecule has 24 nitrogen and oxygen atoms in total. The SMILES string of the molecule is CC[C@@H]1C(C)=NN=C(c2ccc(OC)c(OC)c2)c2cc(OC)c(OC)cc21.CC[C@@H]1C(C)=NN=C(c2ccc(OC)c(OC)c2)c2cc(OC)c(OC)cc21.CC[C@H]1C(C)=NN=C(c2ccc(OC)c(OC)c2)c2cc(OC)c(OC)cc21.CC[C@H]1C(C)=NN=C(c2ccc(OC)c(OC)c2)c2cc(OC)c(OC)cc21. The molecule has 12 rings (SSSR count). The molecule has 0 bridgehead atoms. The lowest BCUT2D eigenvalue weighted by Gasteiger charge is -2.20. The highest BCUT2D eigenvalue weighted by Gasteiger charge is 2.32. The number of nitrogens with zero attached hydrogens (tertiary/aromatic N) is 8. The van der Waals surface area contributed by atoms with Crippen LogP contribution in [0.1, 0.15) is 172 Å². The third-order valence-electron chi connectivity index (χ3n) is 20.3. The van der Waals surface area contributed by atoms with Gasteiger partial charge >= 0.3 is 0 Å². The smallest absolute Gasteiger partial charge is 0.161 e. The zero-order chi connectivity index (χ0) is 81.0. The Morgan fingerprint density at radius 1 is 0.196 bits per heavy atom. The number of ether oxygens (including phenoxy) is 16. The highest BCUT2D eigenvalue weighted by molar-refractivity contribution is 6.19. The summed E-state index contributed by atoms with van der Waals surface area (Å²) in [6.07, 6.45) is 3.64. The summed E-state index contributed by atoms with van der Waals surface area (Å²) in [5, 5.41) is 36.4. The van der Waals surface area contributed by atoms with Crippen molar-refractivity contribution in [2.45, 2.75) is 105 Å². The summed E-state index contributed by atoms with van der Waals surface area (Å²) in [4.78, 5) is 0. The molecule has 24 heteroatoms. The Morgan fingerprint density at radius 3 is 0.500 bits per heavy atom. The molecule has 4 aliphatic rings. The van der Waals surface area contributed by atoms with Crippen molar-refractivity contribution >= 4 is 45.7 Å². The lowest BCUT2D eigenvalue weighted by atomic mass is 9.85. The maximum Gasteiger partial charge on any atom is 0.161 e. The molecule has 8 aromatic rings. The number of methoxy groups -OCH3 is 16. The Bertz CT molecular complexity index is 4350. The van der Waals surface area contributed by atoms with Crippen molar-refractivity contribution in [2.24, 2.45) is 40.8 Å². The van der Waals surface area contributed by atoms with Crippen LogP contribution in [-0.2, 0) is 0 Å². The fourth-order valence-electron chi connectivity index (χ4n) is 14.3. The van der Waals surface area contributed by atoms with Gasteiger partial charge in [0.05, 0.1) is 114 Å². The van der Waals surface area contributed by atoms with Gasteiger partial charge in [0.2, 0.25) is 0 Å². The van der Waals surface area contributed by atoms with Crippen LogP contribution in [0.3, 0.4) is 0 Å². The predicted octanol–water partition coefficient (Wildman–Crippen LogP) is 17.8. The summed E-state index contributed by atoms with van der Waals surface area (Å²) in [6, 6.07) is 39.0. The molecule has 0 amide bonds. The van der Waals surface area contributed by atoms with Crippen LogP contribution in [-0.4, -0.2) is 159 Å². The number of benzene rings is 8. The molecule has 0 fully saturated rings. The van der Waals surface area contributed by atoms with Gasteiger partial charge in [0.1, 0.15) is 22.8 Å². The molecule has 112 heavy (non-hydrogen) atoms. The first kappa shape index (κ1) is 83.9. The van der Waals surface area contributed by atoms with Crippen LogP contribution in [0.15, 0.2) is 162 Å². The summed E-state index contributed by atoms with van der Waals surface area (Å²) in [6.45, 7) is 16.6. The fraction of sp³-hybridized carbons (Fsp3) is 0.364. The maximum atomic E-state index is 5.54. The van der Waals surface area contributed by atoms with Crippen molar-refractivity contribution in [1.29, 1.82) is 0 Å². The number of rotatable bonds is 24. The van der Waals surface area contributed by atoms with E-state index >= 15 is 0 Å². The van der Waals surface area contributed by atoms with Gasteiger partial charge in [-0.3, -0.25) is 0 Å². The van der Waals surface area contributed by atoms with Crippen LogP contribution >= 0.6 is 0 Å². The van der Waals surface area contributed by atoms with E-state index in [0.717, 1.165) is 138 Å². The van der Waals surface area contributed by atoms with Crippen molar-refractivity contribution in [2.75, 3.05) is 114 Å². The first-order valence-electron chi connectivity index (χ1n) is 36.7. The minimum atomic E-state index is 0.149. The van der Waals surface area contributed by atoms with E-state index in [9.17, 15) is 0 Å². The van der Waals surface area contributed by atoms with Crippen molar-refractivity contribution in [3.05, 3.63) is 188 Å². The van der Waals surface area contributed by atoms with E-state index in [4.69, 9.17) is 75.8 Å². The van der Waals surface area contributed by atoms with E-state index in [0.29, 0.717) is 92.0 Å². The molecular weight excluding hydrogens is 1430 g/mol. The molecule has 4 aliphatic heterocycles. The second-order valence-electron chi connectivity index (χ2n) is 26.1. The van der Waals surface area contributed by atoms with Crippen molar-refractivity contribution in [3.8, 4) is 92.0 Å². The standard InChI is InChI=1S/4C22H26N2O4/c4*1-7-15-13(2)23-24-22(14-8-9-18(25-3)19(10-14)26-4)17-12-21(28-6)20(27-5)11-16(15)17/h4*8-12,15H,7H2,1-6H3/t4*15-/m1100/s1. The molecular formula is C88H104N8O16. The Hall–Kier alpha value is -12.1. The zero-order valence-corrected chi connectivity index (χ0v) is 68.8. The zero-order valence-electron chi connectivity index (χ0n) is 68.8. The molecule has 0 spiro atoms. The number of hydrogen-bond acceptors (Lipinski definition) is 24. The molecule has 4 atom stereocenters. The van der Waals surface area contributed by atoms with Crippen LogP contribution in [0.25, 0.3) is 0 Å². The molecule has 0 unspecified atom stereocenters. The van der Waals surface area contributed by atoms with Crippen LogP contribution in [0, 0.1) is 0 Å². The summed E-state index contributed by atoms with van der Waals surface area (Å²) in [7, 11) is 26.1. The van der Waals surface area contributed by atoms with Crippen molar-refractivity contribution in [3.63, 3.8) is 0 Å². The van der Waals surface area contributed by atoms with Gasteiger partial charge in [-0.1, -0.05) is 27.7 Å². The number of fused-ring (bicyclic) bond motifs is 4. The van der Waals surface area contributed by atoms with E-state index in [1.165, 1.54) is 0 Å². The molecule has 4 heterocycles. The molecule has 0 N–H and O–H groups in total. The molecule has 0 aromatic heterocycles. The molecule has 0 aliphatic carbocycles. The van der Waals surface area contributed by atoms with E-state index in [2.05, 4.69) is 68.5 Å². The maximum absolute atomic E-state index is 5.54. The topological polar surface area (TPSA) is 247 Å². The normalized spacial score (nSPS) is 15.7. The fourth-order valence-corrected chi connectivity index (χ4v) is 14.3. The lowest BCUT2D eigenvalue weighted by molar-refractivity contribution is 0.354. The van der Waals surface area contributed by atoms with Crippen LogP contribution in [0.4, 0.5) is 0 Å². The van der Waals surface area contributed by atoms with Gasteiger partial charge in [-0.05, 0) is 197 Å². The molecule has 0 saturated heterocycles. The van der Waals surface area contributed by atoms with Gasteiger partial charge in [0.15, 0.2) is 92.0 Å². The van der Waals surface area contributed by atoms with Crippen molar-refractivity contribution in [1.82, 2.24) is 0 Å². The first-order valence-corrected chi connectivity index (χ1v) is 36.7. The van der Waals surface area contributed by atoms with Gasteiger partial charge in [-0.2, -0.15) is 20.4 Å². The monoisotopic (exact) mass is 1530 g/mol. The first-order chi connectivity index (χ1) is 54.3. The highest BCUT2D eigenvalue weighted by atomic mass is 16.5. The largest absolute Gasteiger partial charge is 0.493 e. The van der Waals surface area contributed by atoms with Crippen LogP contribution in [0.2, 0.25) is 0 Å². The van der Waals surface area contributed by atoms with Gasteiger partial charge < -0.3 is 75.8 Å². The molecule has 0 saturated carbocycles. The van der Waals surface area contributed by atoms with Gasteiger partial charge in [-0.15, -0.1) is 20.4 Å². The van der Waals surface area contributed by atoms with Crippen LogP contribution in [0.5, 0.6) is 92.0 Å². The molecule has 0 radical (unpaired) electrons. The quantitative estimate of drug-likeness (QED) is 0.0545. The average molecular weight is 1530 g/mol. The summed E-state index contributed by atoms with van der Waals surface area (Å²) >= 11 is 0. The van der Waals surface area contributed by atoms with E-state index in [-0.39, 0.29) is 23.7 Å². The van der Waals surface area contributed by atoms with Crippen molar-refractivity contribution < 1.29 is 75.8 Å². The van der Waals surface area contributed by atoms with Gasteiger partial charge in [-0.25, -0.2) is 0 Å². The van der Waals surface area contributed by atoms with Gasteiger partial charge in [0.25, 0.3) is 0 Å². The second kappa shape index (κ2) is 39.0. The Balaban J connectivity index is 0.000000171. The lowest BCUT2D eigenvalue weighted by Crippen LogP contribution is -2.13. The summed E-state index contributed by atoms with van der Waals surface area (Å²) in [5.41, 5.74) is 18.8. The average Bonchev–Trinajstić information content (AvgIpc) is 1.51. The summed E-state index contributed by atoms with van der Waals surface area (Å²) in [5.74, 6) is 11.2. The van der Waals surface area contributed by atoms with Gasteiger partial charge in [0, 0.05) is 91.0 Å². The second-order valence-corrected chi connectivity index (χ2v) is 26.1. The number of hydrogen-bond donors (Lipinski definition) is 0. The minimum Gasteiger partial charge on any atom is -0.493 e. The highest BCUT2D eigenvalue weighted by Crippen LogP contribution is 2.45. The summed E-state index contributed by atoms with van der Waals surface area (Å²) < 4.78 is 87.7. The minimum absolute atomic E-state index is 0.149. The Morgan fingerprint density at radius 2 is 0.348 bits per heavy atom.